The van der Waals surface area contributed by atoms with Crippen LogP contribution in [-0.4, -0.2) is 10.8 Å². The molecule has 0 aliphatic carbocycles. The molecule has 0 atom stereocenters. The monoisotopic (exact) mass is 409 g/mol. The lowest BCUT2D eigenvalue weighted by molar-refractivity contribution is -0.138. The molecule has 150 valence electrons. The van der Waals surface area contributed by atoms with Gasteiger partial charge in [0.25, 0.3) is 5.19 Å². The number of aryl methyl sites for hydroxylation is 1. The number of carbonyl (C=O) groups is 1. The van der Waals surface area contributed by atoms with E-state index < -0.39 is 11.7 Å². The van der Waals surface area contributed by atoms with Crippen LogP contribution in [0.15, 0.2) is 42.5 Å². The van der Waals surface area contributed by atoms with Crippen LogP contribution in [0.25, 0.3) is 10.2 Å². The van der Waals surface area contributed by atoms with Crippen LogP contribution in [0.3, 0.4) is 0 Å². The van der Waals surface area contributed by atoms with Crippen LogP contribution in [0, 0.1) is 0 Å². The summed E-state index contributed by atoms with van der Waals surface area (Å²) in [5, 5.41) is 0.158. The molecule has 0 saturated heterocycles. The number of ketones is 1. The van der Waals surface area contributed by atoms with Gasteiger partial charge in [-0.05, 0) is 36.2 Å². The number of fused-ring (bicyclic) bond motifs is 1. The summed E-state index contributed by atoms with van der Waals surface area (Å²) < 4.78 is 46.6. The van der Waals surface area contributed by atoms with Crippen LogP contribution in [0.2, 0.25) is 0 Å². The van der Waals surface area contributed by atoms with E-state index in [1.807, 2.05) is 26.0 Å². The zero-order chi connectivity index (χ0) is 20.7. The first-order valence-corrected chi connectivity index (χ1v) is 9.93. The highest BCUT2D eigenvalue weighted by atomic mass is 32.1. The molecule has 2 aromatic carbocycles. The number of ether oxygens (including phenoxy) is 1. The first kappa shape index (κ1) is 21.9. The number of carbonyl (C=O) groups excluding carboxylic acids is 1. The molecular weight excluding hydrogens is 387 g/mol. The standard InChI is InChI=1S/C19H16F3NO2S.C2H6/c1-2-13(24)9-7-12-8-10-16(14(11-12)19(20,21)22)25-18-23-15-5-3-4-6-17(15)26-18;1-2/h3-6,8,10-11H,2,7,9H2,1H3;1-2H3. The SMILES string of the molecule is CC.CCC(=O)CCc1ccc(Oc2nc3ccccc3s2)c(C(F)(F)F)c1. The van der Waals surface area contributed by atoms with E-state index in [0.717, 1.165) is 10.8 Å². The molecule has 0 bridgehead atoms. The number of Topliss-reactive ketones (excluding diaryl/α,β-unsaturated/α-hetero) is 1. The second kappa shape index (κ2) is 9.68. The van der Waals surface area contributed by atoms with Gasteiger partial charge < -0.3 is 4.74 Å². The fraction of sp³-hybridized carbons (Fsp3) is 0.333. The van der Waals surface area contributed by atoms with Gasteiger partial charge in [0.15, 0.2) is 0 Å². The predicted octanol–water partition coefficient (Wildman–Crippen LogP) is 7.05. The molecule has 0 N–H and O–H groups in total. The minimum atomic E-state index is -4.56. The molecule has 0 aliphatic rings. The molecule has 1 aromatic heterocycles. The number of para-hydroxylation sites is 1. The fourth-order valence-electron chi connectivity index (χ4n) is 2.49. The molecule has 1 heterocycles. The summed E-state index contributed by atoms with van der Waals surface area (Å²) in [4.78, 5) is 15.6. The Kier molecular flexibility index (Phi) is 7.57. The number of rotatable bonds is 6. The number of thiazole rings is 1. The van der Waals surface area contributed by atoms with Crippen LogP contribution < -0.4 is 4.74 Å². The molecule has 28 heavy (non-hydrogen) atoms. The average Bonchev–Trinajstić information content (AvgIpc) is 3.10. The minimum Gasteiger partial charge on any atom is -0.430 e. The summed E-state index contributed by atoms with van der Waals surface area (Å²) in [7, 11) is 0. The highest BCUT2D eigenvalue weighted by Gasteiger charge is 2.35. The third-order valence-electron chi connectivity index (χ3n) is 3.91. The van der Waals surface area contributed by atoms with E-state index in [0.29, 0.717) is 17.5 Å². The number of nitrogens with zero attached hydrogens (tertiary/aromatic N) is 1. The summed E-state index contributed by atoms with van der Waals surface area (Å²) >= 11 is 1.19. The van der Waals surface area contributed by atoms with Crippen molar-refractivity contribution in [3.63, 3.8) is 0 Å². The molecule has 0 saturated carbocycles. The summed E-state index contributed by atoms with van der Waals surface area (Å²) in [5.74, 6) is -0.268. The molecular formula is C21H22F3NO2S. The zero-order valence-electron chi connectivity index (χ0n) is 16.0. The van der Waals surface area contributed by atoms with Crippen LogP contribution in [0.1, 0.15) is 44.7 Å². The van der Waals surface area contributed by atoms with Gasteiger partial charge in [0.05, 0.1) is 15.8 Å². The Balaban J connectivity index is 0.00000136. The number of benzene rings is 2. The molecule has 3 nitrogen and oxygen atoms in total. The lowest BCUT2D eigenvalue weighted by Gasteiger charge is -2.14. The van der Waals surface area contributed by atoms with Gasteiger partial charge in [-0.25, -0.2) is 4.98 Å². The highest BCUT2D eigenvalue weighted by molar-refractivity contribution is 7.20. The van der Waals surface area contributed by atoms with Gasteiger partial charge in [-0.3, -0.25) is 4.79 Å². The fourth-order valence-corrected chi connectivity index (χ4v) is 3.32. The molecule has 0 unspecified atom stereocenters. The van der Waals surface area contributed by atoms with E-state index in [-0.39, 0.29) is 29.6 Å². The van der Waals surface area contributed by atoms with Gasteiger partial charge in [0.1, 0.15) is 11.5 Å². The van der Waals surface area contributed by atoms with Gasteiger partial charge in [-0.2, -0.15) is 13.2 Å². The summed E-state index contributed by atoms with van der Waals surface area (Å²) in [5.41, 5.74) is 0.268. The number of halogens is 3. The van der Waals surface area contributed by atoms with Crippen molar-refractivity contribution < 1.29 is 22.7 Å². The van der Waals surface area contributed by atoms with Crippen LogP contribution >= 0.6 is 11.3 Å². The number of hydrogen-bond acceptors (Lipinski definition) is 4. The largest absolute Gasteiger partial charge is 0.430 e. The summed E-state index contributed by atoms with van der Waals surface area (Å²) in [6.07, 6.45) is -3.68. The van der Waals surface area contributed by atoms with Gasteiger partial charge in [-0.1, -0.05) is 50.3 Å². The second-order valence-corrected chi connectivity index (χ2v) is 6.76. The van der Waals surface area contributed by atoms with E-state index in [1.165, 1.54) is 17.4 Å². The van der Waals surface area contributed by atoms with Crippen molar-refractivity contribution >= 4 is 27.3 Å². The lowest BCUT2D eigenvalue weighted by atomic mass is 10.0. The molecule has 3 aromatic rings. The average molecular weight is 409 g/mol. The molecule has 0 aliphatic heterocycles. The molecule has 0 amide bonds. The minimum absolute atomic E-state index is 0.0216. The number of alkyl halides is 3. The van der Waals surface area contributed by atoms with Crippen LogP contribution in [0.5, 0.6) is 10.9 Å². The van der Waals surface area contributed by atoms with E-state index in [4.69, 9.17) is 4.74 Å². The Morgan fingerprint density at radius 2 is 1.86 bits per heavy atom. The van der Waals surface area contributed by atoms with E-state index in [2.05, 4.69) is 4.98 Å². The third-order valence-corrected chi connectivity index (χ3v) is 4.82. The van der Waals surface area contributed by atoms with E-state index in [1.54, 1.807) is 25.1 Å². The summed E-state index contributed by atoms with van der Waals surface area (Å²) in [6.45, 7) is 5.73. The van der Waals surface area contributed by atoms with Gasteiger partial charge >= 0.3 is 6.18 Å². The van der Waals surface area contributed by atoms with Gasteiger partial charge in [0.2, 0.25) is 0 Å². The Bertz CT molecular complexity index is 902. The molecule has 3 rings (SSSR count). The molecule has 7 heteroatoms. The first-order valence-electron chi connectivity index (χ1n) is 9.12. The molecule has 0 spiro atoms. The van der Waals surface area contributed by atoms with Crippen molar-refractivity contribution in [3.05, 3.63) is 53.6 Å². The van der Waals surface area contributed by atoms with Crippen molar-refractivity contribution in [3.8, 4) is 10.9 Å². The number of aromatic nitrogens is 1. The van der Waals surface area contributed by atoms with Crippen LogP contribution in [-0.2, 0) is 17.4 Å². The first-order chi connectivity index (χ1) is 13.4. The Labute approximate surface area is 166 Å². The zero-order valence-corrected chi connectivity index (χ0v) is 16.8. The number of hydrogen-bond donors (Lipinski definition) is 0. The Morgan fingerprint density at radius 1 is 1.14 bits per heavy atom. The van der Waals surface area contributed by atoms with Crippen molar-refractivity contribution in [2.75, 3.05) is 0 Å². The maximum atomic E-state index is 13.4. The smallest absolute Gasteiger partial charge is 0.419 e. The van der Waals surface area contributed by atoms with Crippen molar-refractivity contribution in [1.29, 1.82) is 0 Å². The van der Waals surface area contributed by atoms with E-state index >= 15 is 0 Å². The summed E-state index contributed by atoms with van der Waals surface area (Å²) in [6, 6.07) is 11.1. The quantitative estimate of drug-likeness (QED) is 0.438. The molecule has 0 fully saturated rings. The Hall–Kier alpha value is -2.41. The van der Waals surface area contributed by atoms with Gasteiger partial charge in [0, 0.05) is 12.8 Å². The van der Waals surface area contributed by atoms with Crippen molar-refractivity contribution in [2.45, 2.75) is 46.2 Å². The van der Waals surface area contributed by atoms with E-state index in [9.17, 15) is 18.0 Å². The third kappa shape index (κ3) is 5.55. The van der Waals surface area contributed by atoms with Crippen molar-refractivity contribution in [1.82, 2.24) is 4.98 Å². The topological polar surface area (TPSA) is 39.2 Å². The van der Waals surface area contributed by atoms with Crippen molar-refractivity contribution in [2.24, 2.45) is 0 Å². The highest BCUT2D eigenvalue weighted by Crippen LogP contribution is 2.40. The predicted molar refractivity (Wildman–Crippen MR) is 106 cm³/mol. The van der Waals surface area contributed by atoms with Gasteiger partial charge in [-0.15, -0.1) is 0 Å². The maximum Gasteiger partial charge on any atom is 0.419 e. The van der Waals surface area contributed by atoms with Crippen LogP contribution in [0.4, 0.5) is 13.2 Å². The normalized spacial score (nSPS) is 11.1. The second-order valence-electron chi connectivity index (χ2n) is 5.77. The maximum absolute atomic E-state index is 13.4. The lowest BCUT2D eigenvalue weighted by Crippen LogP contribution is -2.08. The Morgan fingerprint density at radius 3 is 2.50 bits per heavy atom. The molecule has 0 radical (unpaired) electrons.